The first kappa shape index (κ1) is 20.2. The summed E-state index contributed by atoms with van der Waals surface area (Å²) in [4.78, 5) is 15.4. The summed E-state index contributed by atoms with van der Waals surface area (Å²) in [6.45, 7) is 3.00. The molecule has 3 aromatic rings. The summed E-state index contributed by atoms with van der Waals surface area (Å²) in [6.07, 6.45) is 0. The average Bonchev–Trinajstić information content (AvgIpc) is 3.06. The van der Waals surface area contributed by atoms with E-state index in [1.165, 1.54) is 24.3 Å². The smallest absolute Gasteiger partial charge is 0.262 e. The molecule has 0 spiro atoms. The monoisotopic (exact) mass is 436 g/mol. The van der Waals surface area contributed by atoms with Gasteiger partial charge >= 0.3 is 0 Å². The van der Waals surface area contributed by atoms with Gasteiger partial charge in [-0.25, -0.2) is 8.78 Å². The number of fused-ring (bicyclic) bond motifs is 1. The number of halogens is 3. The van der Waals surface area contributed by atoms with Crippen LogP contribution in [0.3, 0.4) is 0 Å². The van der Waals surface area contributed by atoms with Crippen LogP contribution in [0.15, 0.2) is 42.5 Å². The Morgan fingerprint density at radius 1 is 1.14 bits per heavy atom. The summed E-state index contributed by atoms with van der Waals surface area (Å²) in [7, 11) is 0. The van der Waals surface area contributed by atoms with Crippen LogP contribution >= 0.6 is 22.9 Å². The van der Waals surface area contributed by atoms with Crippen LogP contribution in [0.5, 0.6) is 0 Å². The van der Waals surface area contributed by atoms with Crippen molar-refractivity contribution in [1.82, 2.24) is 10.2 Å². The first-order valence-electron chi connectivity index (χ1n) is 9.26. The lowest BCUT2D eigenvalue weighted by Crippen LogP contribution is -2.43. The van der Waals surface area contributed by atoms with Crippen molar-refractivity contribution in [3.05, 3.63) is 69.6 Å². The Labute approximate surface area is 176 Å². The Kier molecular flexibility index (Phi) is 6.10. The number of ether oxygens (including phenoxy) is 1. The average molecular weight is 437 g/mol. The number of nitrogens with zero attached hydrogens (tertiary/aromatic N) is 1. The number of carbonyl (C=O) groups is 1. The normalized spacial score (nSPS) is 16.1. The zero-order valence-corrected chi connectivity index (χ0v) is 17.0. The third-order valence-electron chi connectivity index (χ3n) is 4.99. The van der Waals surface area contributed by atoms with Crippen molar-refractivity contribution < 1.29 is 18.3 Å². The molecule has 1 amide bonds. The first-order chi connectivity index (χ1) is 14.0. The van der Waals surface area contributed by atoms with Crippen molar-refractivity contribution in [2.24, 2.45) is 0 Å². The maximum Gasteiger partial charge on any atom is 0.262 e. The molecule has 1 atom stereocenters. The van der Waals surface area contributed by atoms with Gasteiger partial charge in [-0.15, -0.1) is 11.3 Å². The summed E-state index contributed by atoms with van der Waals surface area (Å²) in [5.74, 6) is -0.981. The van der Waals surface area contributed by atoms with Crippen LogP contribution in [0, 0.1) is 11.6 Å². The minimum Gasteiger partial charge on any atom is -0.379 e. The van der Waals surface area contributed by atoms with Gasteiger partial charge in [0, 0.05) is 29.7 Å². The summed E-state index contributed by atoms with van der Waals surface area (Å²) in [5, 5.41) is 3.93. The van der Waals surface area contributed by atoms with Crippen LogP contribution in [0.2, 0.25) is 5.02 Å². The van der Waals surface area contributed by atoms with Crippen molar-refractivity contribution in [2.75, 3.05) is 32.8 Å². The van der Waals surface area contributed by atoms with Gasteiger partial charge in [0.2, 0.25) is 0 Å². The van der Waals surface area contributed by atoms with Gasteiger partial charge in [0.1, 0.15) is 16.5 Å². The third kappa shape index (κ3) is 4.43. The van der Waals surface area contributed by atoms with Crippen molar-refractivity contribution in [3.63, 3.8) is 0 Å². The van der Waals surface area contributed by atoms with E-state index in [1.54, 1.807) is 18.2 Å². The number of thiophene rings is 1. The predicted molar refractivity (Wildman–Crippen MR) is 111 cm³/mol. The zero-order chi connectivity index (χ0) is 20.4. The highest BCUT2D eigenvalue weighted by molar-refractivity contribution is 7.21. The Bertz CT molecular complexity index is 1020. The SMILES string of the molecule is O=C(NCC(c1ccc(F)cc1)N1CCOCC1)c1sc2cc(F)ccc2c1Cl. The van der Waals surface area contributed by atoms with Gasteiger partial charge in [-0.2, -0.15) is 0 Å². The van der Waals surface area contributed by atoms with E-state index in [0.29, 0.717) is 39.7 Å². The van der Waals surface area contributed by atoms with Crippen molar-refractivity contribution in [1.29, 1.82) is 0 Å². The molecule has 1 fully saturated rings. The zero-order valence-electron chi connectivity index (χ0n) is 15.5. The second-order valence-electron chi connectivity index (χ2n) is 6.81. The third-order valence-corrected chi connectivity index (χ3v) is 6.65. The first-order valence-corrected chi connectivity index (χ1v) is 10.5. The van der Waals surface area contributed by atoms with E-state index in [0.717, 1.165) is 30.0 Å². The van der Waals surface area contributed by atoms with E-state index in [-0.39, 0.29) is 23.6 Å². The van der Waals surface area contributed by atoms with Crippen LogP contribution in [0.25, 0.3) is 10.1 Å². The molecule has 4 rings (SSSR count). The number of hydrogen-bond acceptors (Lipinski definition) is 4. The van der Waals surface area contributed by atoms with E-state index in [1.807, 2.05) is 0 Å². The maximum atomic E-state index is 13.5. The Morgan fingerprint density at radius 2 is 1.83 bits per heavy atom. The highest BCUT2D eigenvalue weighted by atomic mass is 35.5. The molecule has 1 N–H and O–H groups in total. The van der Waals surface area contributed by atoms with Crippen LogP contribution in [0.4, 0.5) is 8.78 Å². The Balaban J connectivity index is 1.54. The Morgan fingerprint density at radius 3 is 2.55 bits per heavy atom. The van der Waals surface area contributed by atoms with Crippen LogP contribution < -0.4 is 5.32 Å². The lowest BCUT2D eigenvalue weighted by molar-refractivity contribution is 0.0162. The molecular formula is C21H19ClF2N2O2S. The summed E-state index contributed by atoms with van der Waals surface area (Å²) in [5.41, 5.74) is 0.915. The van der Waals surface area contributed by atoms with Gasteiger partial charge in [-0.1, -0.05) is 23.7 Å². The van der Waals surface area contributed by atoms with E-state index in [9.17, 15) is 13.6 Å². The van der Waals surface area contributed by atoms with Crippen LogP contribution in [-0.2, 0) is 4.74 Å². The molecule has 1 unspecified atom stereocenters. The van der Waals surface area contributed by atoms with Crippen LogP contribution in [-0.4, -0.2) is 43.7 Å². The van der Waals surface area contributed by atoms with Crippen molar-refractivity contribution in [3.8, 4) is 0 Å². The molecule has 1 aliphatic rings. The molecule has 0 bridgehead atoms. The molecule has 1 saturated heterocycles. The molecule has 8 heteroatoms. The maximum absolute atomic E-state index is 13.5. The molecular weight excluding hydrogens is 418 g/mol. The van der Waals surface area contributed by atoms with Gasteiger partial charge in [0.15, 0.2) is 0 Å². The fourth-order valence-corrected chi connectivity index (χ4v) is 4.94. The van der Waals surface area contributed by atoms with Crippen molar-refractivity contribution >= 4 is 38.9 Å². The lowest BCUT2D eigenvalue weighted by Gasteiger charge is -2.34. The number of morpholine rings is 1. The van der Waals surface area contributed by atoms with Gasteiger partial charge in [0.25, 0.3) is 5.91 Å². The second kappa shape index (κ2) is 8.75. The van der Waals surface area contributed by atoms with Gasteiger partial charge < -0.3 is 10.1 Å². The molecule has 29 heavy (non-hydrogen) atoms. The number of hydrogen-bond donors (Lipinski definition) is 1. The number of rotatable bonds is 5. The summed E-state index contributed by atoms with van der Waals surface area (Å²) >= 11 is 7.53. The number of nitrogens with one attached hydrogen (secondary N) is 1. The standard InChI is InChI=1S/C21H19ClF2N2O2S/c22-19-16-6-5-15(24)11-18(16)29-20(19)21(27)25-12-17(26-7-9-28-10-8-26)13-1-3-14(23)4-2-13/h1-6,11,17H,7-10,12H2,(H,25,27). The molecule has 0 saturated carbocycles. The molecule has 0 radical (unpaired) electrons. The molecule has 152 valence electrons. The van der Waals surface area contributed by atoms with E-state index < -0.39 is 0 Å². The quantitative estimate of drug-likeness (QED) is 0.633. The highest BCUT2D eigenvalue weighted by Crippen LogP contribution is 2.35. The summed E-state index contributed by atoms with van der Waals surface area (Å²) in [6, 6.07) is 10.5. The number of amides is 1. The number of benzene rings is 2. The van der Waals surface area contributed by atoms with Crippen molar-refractivity contribution in [2.45, 2.75) is 6.04 Å². The van der Waals surface area contributed by atoms with E-state index in [2.05, 4.69) is 10.2 Å². The molecule has 4 nitrogen and oxygen atoms in total. The van der Waals surface area contributed by atoms with E-state index in [4.69, 9.17) is 16.3 Å². The fraction of sp³-hybridized carbons (Fsp3) is 0.286. The fourth-order valence-electron chi connectivity index (χ4n) is 3.49. The summed E-state index contributed by atoms with van der Waals surface area (Å²) < 4.78 is 32.9. The largest absolute Gasteiger partial charge is 0.379 e. The minimum absolute atomic E-state index is 0.117. The van der Waals surface area contributed by atoms with Crippen LogP contribution in [0.1, 0.15) is 21.3 Å². The second-order valence-corrected chi connectivity index (χ2v) is 8.24. The minimum atomic E-state index is -0.369. The molecule has 2 heterocycles. The Hall–Kier alpha value is -2.06. The number of carbonyl (C=O) groups excluding carboxylic acids is 1. The van der Waals surface area contributed by atoms with Gasteiger partial charge in [-0.3, -0.25) is 9.69 Å². The highest BCUT2D eigenvalue weighted by Gasteiger charge is 2.25. The predicted octanol–water partition coefficient (Wildman–Crippen LogP) is 4.64. The molecule has 2 aromatic carbocycles. The molecule has 0 aliphatic carbocycles. The molecule has 1 aliphatic heterocycles. The van der Waals surface area contributed by atoms with Gasteiger partial charge in [-0.05, 0) is 35.9 Å². The van der Waals surface area contributed by atoms with Gasteiger partial charge in [0.05, 0.1) is 24.3 Å². The van der Waals surface area contributed by atoms with E-state index >= 15 is 0 Å². The topological polar surface area (TPSA) is 41.6 Å². The molecule has 1 aromatic heterocycles. The lowest BCUT2D eigenvalue weighted by atomic mass is 10.0.